The summed E-state index contributed by atoms with van der Waals surface area (Å²) in [4.78, 5) is 15.3. The molecule has 0 bridgehead atoms. The molecule has 4 rings (SSSR count). The number of rotatable bonds is 7. The van der Waals surface area contributed by atoms with Crippen LogP contribution in [-0.2, 0) is 11.3 Å². The molecule has 1 amide bonds. The number of carbonyl (C=O) groups is 1. The fraction of sp³-hybridized carbons (Fsp3) is 0.231. The van der Waals surface area contributed by atoms with Gasteiger partial charge in [0.15, 0.2) is 0 Å². The number of halogens is 1. The molecular weight excluding hydrogens is 405 g/mol. The van der Waals surface area contributed by atoms with E-state index in [0.717, 1.165) is 22.4 Å². The van der Waals surface area contributed by atoms with Gasteiger partial charge < -0.3 is 4.74 Å². The molecule has 1 atom stereocenters. The monoisotopic (exact) mass is 431 g/mol. The molecule has 0 aromatic heterocycles. The van der Waals surface area contributed by atoms with Gasteiger partial charge in [-0.2, -0.15) is 5.10 Å². The first-order valence-corrected chi connectivity index (χ1v) is 10.6. The van der Waals surface area contributed by atoms with E-state index >= 15 is 0 Å². The molecular formula is C26H26FN3O2. The quantitative estimate of drug-likeness (QED) is 0.547. The fourth-order valence-corrected chi connectivity index (χ4v) is 4.01. The maximum Gasteiger partial charge on any atom is 0.257 e. The van der Waals surface area contributed by atoms with E-state index in [1.165, 1.54) is 17.1 Å². The van der Waals surface area contributed by atoms with E-state index in [1.807, 2.05) is 72.6 Å². The Balaban J connectivity index is 1.60. The smallest absolute Gasteiger partial charge is 0.257 e. The van der Waals surface area contributed by atoms with Crippen LogP contribution in [0.4, 0.5) is 4.39 Å². The molecule has 1 aliphatic rings. The Hall–Kier alpha value is -3.51. The summed E-state index contributed by atoms with van der Waals surface area (Å²) < 4.78 is 19.5. The minimum Gasteiger partial charge on any atom is -0.496 e. The lowest BCUT2D eigenvalue weighted by atomic mass is 9.98. The Kier molecular flexibility index (Phi) is 6.61. The number of hydrazone groups is 1. The highest BCUT2D eigenvalue weighted by Crippen LogP contribution is 2.35. The van der Waals surface area contributed by atoms with Gasteiger partial charge in [0.1, 0.15) is 11.6 Å². The molecule has 0 N–H and O–H groups in total. The summed E-state index contributed by atoms with van der Waals surface area (Å²) in [6, 6.07) is 23.6. The van der Waals surface area contributed by atoms with Crippen LogP contribution in [0.1, 0.15) is 29.2 Å². The number of methoxy groups -OCH3 is 1. The van der Waals surface area contributed by atoms with Gasteiger partial charge in [-0.1, -0.05) is 54.6 Å². The van der Waals surface area contributed by atoms with Crippen LogP contribution in [0, 0.1) is 5.82 Å². The van der Waals surface area contributed by atoms with Crippen molar-refractivity contribution >= 4 is 11.6 Å². The molecule has 5 nitrogen and oxygen atoms in total. The maximum absolute atomic E-state index is 14.0. The van der Waals surface area contributed by atoms with Crippen LogP contribution in [-0.4, -0.2) is 42.2 Å². The molecule has 0 spiro atoms. The van der Waals surface area contributed by atoms with Gasteiger partial charge >= 0.3 is 0 Å². The van der Waals surface area contributed by atoms with Gasteiger partial charge in [-0.15, -0.1) is 0 Å². The van der Waals surface area contributed by atoms with Gasteiger partial charge in [-0.05, 0) is 42.4 Å². The Morgan fingerprint density at radius 1 is 1.09 bits per heavy atom. The molecule has 0 aliphatic carbocycles. The van der Waals surface area contributed by atoms with Gasteiger partial charge in [-0.3, -0.25) is 9.69 Å². The molecule has 6 heteroatoms. The summed E-state index contributed by atoms with van der Waals surface area (Å²) >= 11 is 0. The van der Waals surface area contributed by atoms with Crippen molar-refractivity contribution in [3.63, 3.8) is 0 Å². The zero-order chi connectivity index (χ0) is 22.5. The third kappa shape index (κ3) is 4.86. The number of carbonyl (C=O) groups excluding carboxylic acids is 1. The average Bonchev–Trinajstić information content (AvgIpc) is 3.25. The van der Waals surface area contributed by atoms with Crippen LogP contribution in [0.2, 0.25) is 0 Å². The van der Waals surface area contributed by atoms with Gasteiger partial charge in [-0.25, -0.2) is 9.40 Å². The first kappa shape index (κ1) is 21.7. The molecule has 1 aliphatic heterocycles. The second-order valence-corrected chi connectivity index (χ2v) is 7.92. The van der Waals surface area contributed by atoms with E-state index in [-0.39, 0.29) is 24.3 Å². The van der Waals surface area contributed by atoms with Crippen molar-refractivity contribution in [2.75, 3.05) is 20.7 Å². The van der Waals surface area contributed by atoms with E-state index in [1.54, 1.807) is 13.2 Å². The highest BCUT2D eigenvalue weighted by molar-refractivity contribution is 6.05. The summed E-state index contributed by atoms with van der Waals surface area (Å²) in [7, 11) is 3.52. The van der Waals surface area contributed by atoms with Crippen molar-refractivity contribution < 1.29 is 13.9 Å². The van der Waals surface area contributed by atoms with Crippen LogP contribution in [0.15, 0.2) is 84.0 Å². The number of para-hydroxylation sites is 1. The van der Waals surface area contributed by atoms with E-state index < -0.39 is 0 Å². The predicted molar refractivity (Wildman–Crippen MR) is 123 cm³/mol. The fourth-order valence-electron chi connectivity index (χ4n) is 4.01. The molecule has 3 aromatic rings. The van der Waals surface area contributed by atoms with Crippen molar-refractivity contribution in [1.29, 1.82) is 0 Å². The zero-order valence-electron chi connectivity index (χ0n) is 18.2. The number of amides is 1. The lowest BCUT2D eigenvalue weighted by Crippen LogP contribution is -2.36. The standard InChI is InChI=1S/C26H26FN3O2/c1-29(17-19-9-4-3-5-10-19)18-26(31)30-24(20-11-8-12-21(27)15-20)16-23(28-30)22-13-6-7-14-25(22)32-2/h3-15,24H,16-18H2,1-2H3. The van der Waals surface area contributed by atoms with Crippen molar-refractivity contribution in [2.24, 2.45) is 5.10 Å². The minimum absolute atomic E-state index is 0.136. The van der Waals surface area contributed by atoms with Gasteiger partial charge in [0, 0.05) is 18.5 Å². The minimum atomic E-state index is -0.372. The normalized spacial score (nSPS) is 15.7. The molecule has 0 saturated carbocycles. The summed E-state index contributed by atoms with van der Waals surface area (Å²) in [6.07, 6.45) is 0.484. The van der Waals surface area contributed by atoms with Gasteiger partial charge in [0.2, 0.25) is 0 Å². The number of hydrogen-bond donors (Lipinski definition) is 0. The molecule has 1 unspecified atom stereocenters. The molecule has 3 aromatic carbocycles. The third-order valence-corrected chi connectivity index (χ3v) is 5.52. The number of nitrogens with zero attached hydrogens (tertiary/aromatic N) is 3. The second-order valence-electron chi connectivity index (χ2n) is 7.92. The predicted octanol–water partition coefficient (Wildman–Crippen LogP) is 4.64. The van der Waals surface area contributed by atoms with Crippen LogP contribution in [0.3, 0.4) is 0 Å². The van der Waals surface area contributed by atoms with Crippen LogP contribution in [0.25, 0.3) is 0 Å². The van der Waals surface area contributed by atoms with Crippen LogP contribution in [0.5, 0.6) is 5.75 Å². The average molecular weight is 432 g/mol. The molecule has 0 saturated heterocycles. The lowest BCUT2D eigenvalue weighted by Gasteiger charge is -2.25. The van der Waals surface area contributed by atoms with Crippen molar-refractivity contribution in [1.82, 2.24) is 9.91 Å². The van der Waals surface area contributed by atoms with E-state index in [4.69, 9.17) is 4.74 Å². The molecule has 0 fully saturated rings. The van der Waals surface area contributed by atoms with Gasteiger partial charge in [0.25, 0.3) is 5.91 Å². The van der Waals surface area contributed by atoms with Gasteiger partial charge in [0.05, 0.1) is 25.4 Å². The summed E-state index contributed by atoms with van der Waals surface area (Å²) in [6.45, 7) is 0.845. The second kappa shape index (κ2) is 9.75. The molecule has 32 heavy (non-hydrogen) atoms. The zero-order valence-corrected chi connectivity index (χ0v) is 18.2. The Labute approximate surface area is 187 Å². The topological polar surface area (TPSA) is 45.1 Å². The first-order chi connectivity index (χ1) is 15.5. The van der Waals surface area contributed by atoms with Crippen molar-refractivity contribution in [3.05, 3.63) is 101 Å². The highest BCUT2D eigenvalue weighted by atomic mass is 19.1. The summed E-state index contributed by atoms with van der Waals surface area (Å²) in [5, 5.41) is 6.18. The maximum atomic E-state index is 14.0. The largest absolute Gasteiger partial charge is 0.496 e. The van der Waals surface area contributed by atoms with E-state index in [9.17, 15) is 9.18 Å². The Morgan fingerprint density at radius 2 is 1.84 bits per heavy atom. The van der Waals surface area contributed by atoms with Crippen molar-refractivity contribution in [3.8, 4) is 5.75 Å². The van der Waals surface area contributed by atoms with E-state index in [2.05, 4.69) is 5.10 Å². The number of ether oxygens (including phenoxy) is 1. The molecule has 0 radical (unpaired) electrons. The Morgan fingerprint density at radius 3 is 2.59 bits per heavy atom. The molecule has 1 heterocycles. The van der Waals surface area contributed by atoms with Crippen LogP contribution < -0.4 is 4.74 Å². The first-order valence-electron chi connectivity index (χ1n) is 10.6. The lowest BCUT2D eigenvalue weighted by molar-refractivity contribution is -0.134. The highest BCUT2D eigenvalue weighted by Gasteiger charge is 2.34. The third-order valence-electron chi connectivity index (χ3n) is 5.52. The van der Waals surface area contributed by atoms with E-state index in [0.29, 0.717) is 18.7 Å². The van der Waals surface area contributed by atoms with Crippen LogP contribution >= 0.6 is 0 Å². The Bertz CT molecular complexity index is 1120. The summed E-state index contributed by atoms with van der Waals surface area (Å²) in [5.74, 6) is 0.226. The number of likely N-dealkylation sites (N-methyl/N-ethyl adjacent to an activating group) is 1. The molecule has 164 valence electrons. The summed E-state index contributed by atoms with van der Waals surface area (Å²) in [5.41, 5.74) is 3.43. The van der Waals surface area contributed by atoms with Crippen molar-refractivity contribution in [2.45, 2.75) is 19.0 Å². The number of hydrogen-bond acceptors (Lipinski definition) is 4. The number of benzene rings is 3. The SMILES string of the molecule is COc1ccccc1C1=NN(C(=O)CN(C)Cc2ccccc2)C(c2cccc(F)c2)C1.